The summed E-state index contributed by atoms with van der Waals surface area (Å²) in [5.41, 5.74) is 0. The van der Waals surface area contributed by atoms with Crippen molar-refractivity contribution in [2.75, 3.05) is 0 Å². The van der Waals surface area contributed by atoms with Crippen LogP contribution in [0.4, 0.5) is 0 Å². The molecular formula is C9H10ClN5O2S. The Labute approximate surface area is 109 Å². The fourth-order valence-corrected chi connectivity index (χ4v) is 2.79. The monoisotopic (exact) mass is 287 g/mol. The van der Waals surface area contributed by atoms with Gasteiger partial charge in [0.2, 0.25) is 10.0 Å². The van der Waals surface area contributed by atoms with Crippen LogP contribution in [0, 0.1) is 0 Å². The summed E-state index contributed by atoms with van der Waals surface area (Å²) in [6.45, 7) is 1.65. The Kier molecular flexibility index (Phi) is 3.60. The Hall–Kier alpha value is -1.51. The Bertz CT molecular complexity index is 628. The zero-order valence-corrected chi connectivity index (χ0v) is 10.9. The quantitative estimate of drug-likeness (QED) is 0.814. The van der Waals surface area contributed by atoms with Gasteiger partial charge in [0.25, 0.3) is 0 Å². The van der Waals surface area contributed by atoms with Crippen molar-refractivity contribution in [3.63, 3.8) is 0 Å². The number of hydrogen-bond donors (Lipinski definition) is 2. The average molecular weight is 288 g/mol. The summed E-state index contributed by atoms with van der Waals surface area (Å²) >= 11 is 5.66. The number of aromatic nitrogens is 4. The van der Waals surface area contributed by atoms with Crippen LogP contribution in [0.5, 0.6) is 0 Å². The van der Waals surface area contributed by atoms with Crippen molar-refractivity contribution < 1.29 is 8.42 Å². The minimum Gasteiger partial charge on any atom is -0.262 e. The van der Waals surface area contributed by atoms with E-state index in [0.717, 1.165) is 0 Å². The van der Waals surface area contributed by atoms with E-state index in [2.05, 4.69) is 24.9 Å². The van der Waals surface area contributed by atoms with Gasteiger partial charge in [0.1, 0.15) is 17.3 Å². The molecule has 0 aromatic carbocycles. The highest BCUT2D eigenvalue weighted by Gasteiger charge is 2.20. The number of rotatable bonds is 4. The second-order valence-electron chi connectivity index (χ2n) is 3.53. The average Bonchev–Trinajstić information content (AvgIpc) is 2.82. The molecule has 0 amide bonds. The second kappa shape index (κ2) is 5.01. The third-order valence-corrected chi connectivity index (χ3v) is 3.93. The van der Waals surface area contributed by atoms with Crippen molar-refractivity contribution in [3.8, 4) is 0 Å². The first kappa shape index (κ1) is 12.9. The molecule has 0 aliphatic carbocycles. The summed E-state index contributed by atoms with van der Waals surface area (Å²) in [7, 11) is -3.67. The molecule has 2 heterocycles. The molecule has 7 nitrogen and oxygen atoms in total. The standard InChI is InChI=1S/C9H10ClN5O2S/c1-6(9-12-5-13-14-9)15-18(16,17)7-2-3-11-8(10)4-7/h2-6,15H,1H3,(H,12,13,14). The molecule has 0 saturated carbocycles. The van der Waals surface area contributed by atoms with Crippen LogP contribution in [0.15, 0.2) is 29.6 Å². The minimum absolute atomic E-state index is 0.0499. The van der Waals surface area contributed by atoms with Crippen molar-refractivity contribution in [2.24, 2.45) is 0 Å². The first-order valence-electron chi connectivity index (χ1n) is 4.98. The van der Waals surface area contributed by atoms with Crippen LogP contribution in [-0.2, 0) is 10.0 Å². The number of hydrogen-bond acceptors (Lipinski definition) is 5. The molecule has 9 heteroatoms. The van der Waals surface area contributed by atoms with E-state index in [1.807, 2.05) is 0 Å². The number of nitrogens with one attached hydrogen (secondary N) is 2. The lowest BCUT2D eigenvalue weighted by Gasteiger charge is -2.11. The van der Waals surface area contributed by atoms with E-state index in [9.17, 15) is 8.42 Å². The van der Waals surface area contributed by atoms with Gasteiger partial charge in [0.05, 0.1) is 10.9 Å². The van der Waals surface area contributed by atoms with E-state index in [-0.39, 0.29) is 10.0 Å². The highest BCUT2D eigenvalue weighted by Crippen LogP contribution is 2.15. The molecule has 0 aliphatic heterocycles. The Morgan fingerprint density at radius 2 is 2.22 bits per heavy atom. The van der Waals surface area contributed by atoms with Gasteiger partial charge in [0, 0.05) is 6.20 Å². The number of nitrogens with zero attached hydrogens (tertiary/aromatic N) is 3. The maximum atomic E-state index is 12.0. The fraction of sp³-hybridized carbons (Fsp3) is 0.222. The summed E-state index contributed by atoms with van der Waals surface area (Å²) in [4.78, 5) is 7.66. The van der Waals surface area contributed by atoms with Crippen LogP contribution in [-0.4, -0.2) is 28.6 Å². The van der Waals surface area contributed by atoms with Gasteiger partial charge >= 0.3 is 0 Å². The van der Waals surface area contributed by atoms with E-state index in [1.54, 1.807) is 6.92 Å². The molecule has 1 unspecified atom stereocenters. The van der Waals surface area contributed by atoms with Gasteiger partial charge in [-0.2, -0.15) is 5.10 Å². The Morgan fingerprint density at radius 3 is 2.83 bits per heavy atom. The molecule has 0 saturated heterocycles. The number of H-pyrrole nitrogens is 1. The largest absolute Gasteiger partial charge is 0.262 e. The van der Waals surface area contributed by atoms with Crippen LogP contribution in [0.25, 0.3) is 0 Å². The molecule has 96 valence electrons. The molecule has 18 heavy (non-hydrogen) atoms. The lowest BCUT2D eigenvalue weighted by atomic mass is 10.3. The van der Waals surface area contributed by atoms with Gasteiger partial charge in [-0.1, -0.05) is 11.6 Å². The van der Waals surface area contributed by atoms with Crippen LogP contribution < -0.4 is 4.72 Å². The SMILES string of the molecule is CC(NS(=O)(=O)c1ccnc(Cl)c1)c1ncn[nH]1. The van der Waals surface area contributed by atoms with Crippen molar-refractivity contribution in [3.05, 3.63) is 35.6 Å². The smallest absolute Gasteiger partial charge is 0.241 e. The summed E-state index contributed by atoms with van der Waals surface area (Å²) in [6.07, 6.45) is 2.64. The lowest BCUT2D eigenvalue weighted by Crippen LogP contribution is -2.27. The fourth-order valence-electron chi connectivity index (χ4n) is 1.33. The number of aromatic amines is 1. The second-order valence-corrected chi connectivity index (χ2v) is 5.63. The van der Waals surface area contributed by atoms with Crippen molar-refractivity contribution in [1.29, 1.82) is 0 Å². The van der Waals surface area contributed by atoms with Crippen molar-refractivity contribution in [1.82, 2.24) is 24.9 Å². The number of halogens is 1. The molecule has 0 spiro atoms. The zero-order valence-electron chi connectivity index (χ0n) is 9.33. The molecule has 2 aromatic heterocycles. The van der Waals surface area contributed by atoms with Crippen LogP contribution in [0.1, 0.15) is 18.8 Å². The van der Waals surface area contributed by atoms with E-state index >= 15 is 0 Å². The first-order chi connectivity index (χ1) is 8.49. The molecular weight excluding hydrogens is 278 g/mol. The van der Waals surface area contributed by atoms with Crippen LogP contribution in [0.2, 0.25) is 5.15 Å². The lowest BCUT2D eigenvalue weighted by molar-refractivity contribution is 0.560. The number of sulfonamides is 1. The van der Waals surface area contributed by atoms with E-state index < -0.39 is 16.1 Å². The van der Waals surface area contributed by atoms with Crippen LogP contribution in [0.3, 0.4) is 0 Å². The van der Waals surface area contributed by atoms with Gasteiger partial charge < -0.3 is 0 Å². The van der Waals surface area contributed by atoms with Gasteiger partial charge in [-0.05, 0) is 19.1 Å². The molecule has 0 radical (unpaired) electrons. The third kappa shape index (κ3) is 2.84. The summed E-state index contributed by atoms with van der Waals surface area (Å²) in [6, 6.07) is 2.11. The van der Waals surface area contributed by atoms with E-state index in [4.69, 9.17) is 11.6 Å². The maximum absolute atomic E-state index is 12.0. The predicted octanol–water partition coefficient (Wildman–Crippen LogP) is 0.893. The molecule has 1 atom stereocenters. The van der Waals surface area contributed by atoms with Crippen molar-refractivity contribution >= 4 is 21.6 Å². The van der Waals surface area contributed by atoms with Gasteiger partial charge in [-0.15, -0.1) is 0 Å². The van der Waals surface area contributed by atoms with Gasteiger partial charge in [0.15, 0.2) is 0 Å². The van der Waals surface area contributed by atoms with Gasteiger partial charge in [-0.25, -0.2) is 23.1 Å². The molecule has 2 N–H and O–H groups in total. The molecule has 2 aromatic rings. The summed E-state index contributed by atoms with van der Waals surface area (Å²) < 4.78 is 26.5. The Balaban J connectivity index is 2.22. The molecule has 0 bridgehead atoms. The Morgan fingerprint density at radius 1 is 1.44 bits per heavy atom. The highest BCUT2D eigenvalue weighted by molar-refractivity contribution is 7.89. The highest BCUT2D eigenvalue weighted by atomic mass is 35.5. The number of pyridine rings is 1. The van der Waals surface area contributed by atoms with Crippen molar-refractivity contribution in [2.45, 2.75) is 17.9 Å². The summed E-state index contributed by atoms with van der Waals surface area (Å²) in [5.74, 6) is 0.429. The topological polar surface area (TPSA) is 101 Å². The van der Waals surface area contributed by atoms with E-state index in [1.165, 1.54) is 24.7 Å². The molecule has 2 rings (SSSR count). The zero-order chi connectivity index (χ0) is 13.2. The normalized spacial score (nSPS) is 13.4. The predicted molar refractivity (Wildman–Crippen MR) is 64.4 cm³/mol. The van der Waals surface area contributed by atoms with Crippen LogP contribution >= 0.6 is 11.6 Å². The minimum atomic E-state index is -3.67. The third-order valence-electron chi connectivity index (χ3n) is 2.18. The maximum Gasteiger partial charge on any atom is 0.241 e. The molecule has 0 fully saturated rings. The molecule has 0 aliphatic rings. The summed E-state index contributed by atoms with van der Waals surface area (Å²) in [5, 5.41) is 6.37. The van der Waals surface area contributed by atoms with Gasteiger partial charge in [-0.3, -0.25) is 5.10 Å². The van der Waals surface area contributed by atoms with E-state index in [0.29, 0.717) is 5.82 Å². The first-order valence-corrected chi connectivity index (χ1v) is 6.84.